The number of aromatic nitrogens is 4. The number of fused-ring (bicyclic) bond motifs is 3. The summed E-state index contributed by atoms with van der Waals surface area (Å²) in [4.78, 5) is 14.6. The molecule has 4 nitrogen and oxygen atoms in total. The summed E-state index contributed by atoms with van der Waals surface area (Å²) >= 11 is 0. The lowest BCUT2D eigenvalue weighted by molar-refractivity contribution is 1.07. The van der Waals surface area contributed by atoms with E-state index in [0.717, 1.165) is 66.7 Å². The van der Waals surface area contributed by atoms with Crippen molar-refractivity contribution in [2.24, 2.45) is 0 Å². The van der Waals surface area contributed by atoms with Gasteiger partial charge in [0.2, 0.25) is 0 Å². The van der Waals surface area contributed by atoms with Crippen molar-refractivity contribution in [2.45, 2.75) is 0 Å². The number of hydrogen-bond acceptors (Lipinski definition) is 3. The van der Waals surface area contributed by atoms with Crippen molar-refractivity contribution >= 4 is 21.8 Å². The van der Waals surface area contributed by atoms with Crippen LogP contribution in [0.1, 0.15) is 5.48 Å². The van der Waals surface area contributed by atoms with Gasteiger partial charge in [0.15, 0.2) is 17.5 Å². The summed E-state index contributed by atoms with van der Waals surface area (Å²) in [7, 11) is 0. The first-order valence-electron chi connectivity index (χ1n) is 20.2. The highest BCUT2D eigenvalue weighted by Crippen LogP contribution is 2.37. The number of para-hydroxylation sites is 1. The van der Waals surface area contributed by atoms with Crippen molar-refractivity contribution in [1.29, 1.82) is 0 Å². The van der Waals surface area contributed by atoms with E-state index in [0.29, 0.717) is 28.4 Å². The van der Waals surface area contributed by atoms with E-state index in [9.17, 15) is 0 Å². The van der Waals surface area contributed by atoms with Gasteiger partial charge in [-0.3, -0.25) is 0 Å². The third-order valence-electron chi connectivity index (χ3n) is 9.98. The van der Waals surface area contributed by atoms with E-state index >= 15 is 0 Å². The Morgan fingerprint density at radius 2 is 0.764 bits per heavy atom. The van der Waals surface area contributed by atoms with E-state index < -0.39 is 0 Å². The second-order valence-electron chi connectivity index (χ2n) is 13.4. The van der Waals surface area contributed by atoms with Gasteiger partial charge in [0.25, 0.3) is 0 Å². The van der Waals surface area contributed by atoms with Crippen LogP contribution in [0.4, 0.5) is 0 Å². The average Bonchev–Trinajstić information content (AvgIpc) is 3.66. The van der Waals surface area contributed by atoms with Crippen molar-refractivity contribution < 1.29 is 5.48 Å². The molecular formula is C51H34N4. The molecule has 258 valence electrons. The molecule has 2 heterocycles. The fourth-order valence-corrected chi connectivity index (χ4v) is 7.25. The van der Waals surface area contributed by atoms with Gasteiger partial charge >= 0.3 is 0 Å². The number of hydrogen-bond donors (Lipinski definition) is 0. The van der Waals surface area contributed by atoms with Crippen LogP contribution in [0, 0.1) is 0 Å². The lowest BCUT2D eigenvalue weighted by Crippen LogP contribution is -2.00. The molecule has 0 aliphatic heterocycles. The van der Waals surface area contributed by atoms with Crippen LogP contribution in [0.5, 0.6) is 0 Å². The van der Waals surface area contributed by atoms with Crippen LogP contribution in [0.2, 0.25) is 0 Å². The molecule has 0 saturated carbocycles. The predicted molar refractivity (Wildman–Crippen MR) is 227 cm³/mol. The Morgan fingerprint density at radius 3 is 1.40 bits per heavy atom. The highest BCUT2D eigenvalue weighted by molar-refractivity contribution is 6.10. The molecule has 0 bridgehead atoms. The summed E-state index contributed by atoms with van der Waals surface area (Å²) in [6.45, 7) is 0. The van der Waals surface area contributed by atoms with Crippen LogP contribution in [0.3, 0.4) is 0 Å². The van der Waals surface area contributed by atoms with Gasteiger partial charge in [-0.1, -0.05) is 176 Å². The van der Waals surface area contributed by atoms with E-state index in [1.54, 1.807) is 0 Å². The average molecular weight is 707 g/mol. The van der Waals surface area contributed by atoms with Crippen molar-refractivity contribution in [3.63, 3.8) is 0 Å². The predicted octanol–water partition coefficient (Wildman–Crippen LogP) is 13.0. The third-order valence-corrected chi connectivity index (χ3v) is 9.98. The smallest absolute Gasteiger partial charge is 0.164 e. The Morgan fingerprint density at radius 1 is 0.327 bits per heavy atom. The van der Waals surface area contributed by atoms with E-state index in [4.69, 9.17) is 20.4 Å². The van der Waals surface area contributed by atoms with Crippen molar-refractivity contribution in [3.05, 3.63) is 206 Å². The van der Waals surface area contributed by atoms with Gasteiger partial charge in [-0.05, 0) is 63.7 Å². The zero-order valence-electron chi connectivity index (χ0n) is 33.6. The number of benzene rings is 8. The topological polar surface area (TPSA) is 43.6 Å². The molecule has 8 aromatic carbocycles. The molecular weight excluding hydrogens is 669 g/mol. The summed E-state index contributed by atoms with van der Waals surface area (Å²) < 4.78 is 37.3. The summed E-state index contributed by atoms with van der Waals surface area (Å²) in [5.41, 5.74) is 10.8. The maximum atomic E-state index is 9.12. The SMILES string of the molecule is [2H]c1c([2H])c([2H])c2c(c1[2H])c1ccc(-c3cccc(-c4ccccc4)c3)cc1n2-c1cccc(-c2ccc(-c3nc(-c4ccccc4)nc(-c4ccccc4)n3)cc2)c1. The van der Waals surface area contributed by atoms with Gasteiger partial charge in [-0.15, -0.1) is 0 Å². The molecule has 0 fully saturated rings. The molecule has 0 aliphatic carbocycles. The number of rotatable bonds is 7. The Balaban J connectivity index is 1.08. The van der Waals surface area contributed by atoms with E-state index in [1.807, 2.05) is 126 Å². The molecule has 0 atom stereocenters. The number of nitrogens with zero attached hydrogens (tertiary/aromatic N) is 4. The maximum Gasteiger partial charge on any atom is 0.164 e. The molecule has 0 unspecified atom stereocenters. The first-order valence-corrected chi connectivity index (χ1v) is 18.2. The summed E-state index contributed by atoms with van der Waals surface area (Å²) in [6.07, 6.45) is 0. The first kappa shape index (κ1) is 28.1. The minimum absolute atomic E-state index is 0.0560. The summed E-state index contributed by atoms with van der Waals surface area (Å²) in [5, 5.41) is 1.25. The molecule has 0 radical (unpaired) electrons. The monoisotopic (exact) mass is 706 g/mol. The second kappa shape index (κ2) is 13.8. The van der Waals surface area contributed by atoms with E-state index in [-0.39, 0.29) is 24.2 Å². The van der Waals surface area contributed by atoms with Crippen molar-refractivity contribution in [1.82, 2.24) is 19.5 Å². The van der Waals surface area contributed by atoms with Gasteiger partial charge in [0.05, 0.1) is 16.5 Å². The molecule has 0 spiro atoms. The molecule has 4 heteroatoms. The van der Waals surface area contributed by atoms with E-state index in [1.165, 1.54) is 0 Å². The highest BCUT2D eigenvalue weighted by Gasteiger charge is 2.16. The minimum Gasteiger partial charge on any atom is -0.309 e. The molecule has 0 aliphatic rings. The largest absolute Gasteiger partial charge is 0.309 e. The Kier molecular flexibility index (Phi) is 7.08. The van der Waals surface area contributed by atoms with Gasteiger partial charge in [-0.2, -0.15) is 0 Å². The van der Waals surface area contributed by atoms with Gasteiger partial charge in [0, 0.05) is 33.2 Å². The minimum atomic E-state index is -0.266. The molecule has 10 aromatic rings. The van der Waals surface area contributed by atoms with Crippen LogP contribution in [0.15, 0.2) is 206 Å². The normalized spacial score (nSPS) is 12.3. The molecule has 0 amide bonds. The van der Waals surface area contributed by atoms with Gasteiger partial charge in [-0.25, -0.2) is 15.0 Å². The van der Waals surface area contributed by atoms with Crippen LogP contribution >= 0.6 is 0 Å². The van der Waals surface area contributed by atoms with Gasteiger partial charge < -0.3 is 4.57 Å². The standard InChI is InChI=1S/C51H34N4/c1-4-14-35(15-5-1)40-20-12-21-41(32-40)43-30-31-46-45-24-10-11-25-47(45)55(48(46)34-43)44-23-13-22-42(33-44)36-26-28-39(29-27-36)51-53-49(37-16-6-2-7-17-37)52-50(54-51)38-18-8-3-9-19-38/h1-34H/i10D,11D,24D,25D. The molecule has 2 aromatic heterocycles. The Labute approximate surface area is 325 Å². The van der Waals surface area contributed by atoms with Crippen molar-refractivity contribution in [3.8, 4) is 73.2 Å². The van der Waals surface area contributed by atoms with Gasteiger partial charge in [0.1, 0.15) is 0 Å². The lowest BCUT2D eigenvalue weighted by atomic mass is 9.98. The Bertz CT molecular complexity index is 3130. The zero-order valence-corrected chi connectivity index (χ0v) is 29.6. The highest BCUT2D eigenvalue weighted by atomic mass is 15.0. The first-order chi connectivity index (χ1) is 28.9. The van der Waals surface area contributed by atoms with Crippen LogP contribution < -0.4 is 0 Å². The molecule has 10 rings (SSSR count). The fraction of sp³-hybridized carbons (Fsp3) is 0. The second-order valence-corrected chi connectivity index (χ2v) is 13.4. The quantitative estimate of drug-likeness (QED) is 0.166. The van der Waals surface area contributed by atoms with Crippen molar-refractivity contribution in [2.75, 3.05) is 0 Å². The summed E-state index contributed by atoms with van der Waals surface area (Å²) in [5.74, 6) is 1.77. The van der Waals surface area contributed by atoms with Crippen LogP contribution in [-0.4, -0.2) is 19.5 Å². The molecule has 0 saturated heterocycles. The van der Waals surface area contributed by atoms with Crippen LogP contribution in [0.25, 0.3) is 95.0 Å². The third kappa shape index (κ3) is 6.16. The molecule has 55 heavy (non-hydrogen) atoms. The summed E-state index contributed by atoms with van der Waals surface area (Å²) in [6, 6.07) is 60.2. The molecule has 0 N–H and O–H groups in total. The zero-order chi connectivity index (χ0) is 40.0. The van der Waals surface area contributed by atoms with Crippen LogP contribution in [-0.2, 0) is 0 Å². The lowest BCUT2D eigenvalue weighted by Gasteiger charge is -2.12. The Hall–Kier alpha value is -7.43. The van der Waals surface area contributed by atoms with E-state index in [2.05, 4.69) is 60.7 Å². The fourth-order valence-electron chi connectivity index (χ4n) is 7.25. The maximum absolute atomic E-state index is 9.12.